The molecule has 6 nitrogen and oxygen atoms in total. The van der Waals surface area contributed by atoms with E-state index in [-0.39, 0.29) is 11.5 Å². The summed E-state index contributed by atoms with van der Waals surface area (Å²) in [5, 5.41) is 10.7. The first-order valence-electron chi connectivity index (χ1n) is 8.26. The van der Waals surface area contributed by atoms with Crippen LogP contribution < -0.4 is 5.32 Å². The van der Waals surface area contributed by atoms with E-state index in [1.54, 1.807) is 0 Å². The zero-order chi connectivity index (χ0) is 17.0. The summed E-state index contributed by atoms with van der Waals surface area (Å²) in [4.78, 5) is 2.20. The molecule has 0 aliphatic carbocycles. The van der Waals surface area contributed by atoms with Gasteiger partial charge in [0.15, 0.2) is 9.84 Å². The predicted octanol–water partition coefficient (Wildman–Crippen LogP) is 1.21. The number of H-pyrrole nitrogens is 1. The van der Waals surface area contributed by atoms with Gasteiger partial charge in [0.1, 0.15) is 0 Å². The van der Waals surface area contributed by atoms with Gasteiger partial charge in [0, 0.05) is 38.3 Å². The van der Waals surface area contributed by atoms with Gasteiger partial charge in [-0.05, 0) is 12.5 Å². The number of nitrogens with zero attached hydrogens (tertiary/aromatic N) is 2. The summed E-state index contributed by atoms with van der Waals surface area (Å²) in [6.45, 7) is 5.80. The van der Waals surface area contributed by atoms with E-state index < -0.39 is 9.84 Å². The molecule has 1 aliphatic rings. The lowest BCUT2D eigenvalue weighted by atomic mass is 10.1. The molecular weight excluding hydrogens is 324 g/mol. The second-order valence-electron chi connectivity index (χ2n) is 6.31. The van der Waals surface area contributed by atoms with Gasteiger partial charge in [-0.1, -0.05) is 29.8 Å². The third-order valence-electron chi connectivity index (χ3n) is 4.42. The van der Waals surface area contributed by atoms with E-state index in [2.05, 4.69) is 51.6 Å². The van der Waals surface area contributed by atoms with E-state index in [4.69, 9.17) is 0 Å². The molecule has 0 unspecified atom stereocenters. The van der Waals surface area contributed by atoms with Crippen LogP contribution in [0, 0.1) is 6.92 Å². The van der Waals surface area contributed by atoms with Crippen molar-refractivity contribution in [2.75, 3.05) is 37.7 Å². The molecule has 3 rings (SSSR count). The highest BCUT2D eigenvalue weighted by Crippen LogP contribution is 2.21. The van der Waals surface area contributed by atoms with E-state index in [1.165, 1.54) is 5.56 Å². The summed E-state index contributed by atoms with van der Waals surface area (Å²) in [6, 6.07) is 8.39. The largest absolute Gasteiger partial charge is 0.311 e. The first-order valence-corrected chi connectivity index (χ1v) is 10.1. The van der Waals surface area contributed by atoms with Gasteiger partial charge in [0.2, 0.25) is 0 Å². The molecule has 1 aliphatic heterocycles. The summed E-state index contributed by atoms with van der Waals surface area (Å²) >= 11 is 0. The number of rotatable bonds is 6. The topological polar surface area (TPSA) is 78.1 Å². The summed E-state index contributed by atoms with van der Waals surface area (Å²) in [7, 11) is -2.80. The Bertz CT molecular complexity index is 754. The Morgan fingerprint density at radius 2 is 1.92 bits per heavy atom. The first kappa shape index (κ1) is 17.1. The van der Waals surface area contributed by atoms with Crippen LogP contribution >= 0.6 is 0 Å². The molecule has 1 saturated heterocycles. The van der Waals surface area contributed by atoms with Crippen LogP contribution in [0.15, 0.2) is 30.5 Å². The first-order chi connectivity index (χ1) is 11.5. The Morgan fingerprint density at radius 1 is 1.21 bits per heavy atom. The minimum atomic E-state index is -2.80. The van der Waals surface area contributed by atoms with Crippen molar-refractivity contribution in [2.24, 2.45) is 0 Å². The lowest BCUT2D eigenvalue weighted by molar-refractivity contribution is 0.294. The van der Waals surface area contributed by atoms with E-state index in [0.29, 0.717) is 13.1 Å². The fourth-order valence-electron chi connectivity index (χ4n) is 2.85. The van der Waals surface area contributed by atoms with Crippen LogP contribution in [0.4, 0.5) is 0 Å². The molecule has 7 heteroatoms. The number of hydrogen-bond acceptors (Lipinski definition) is 5. The van der Waals surface area contributed by atoms with Gasteiger partial charge in [0.05, 0.1) is 23.4 Å². The van der Waals surface area contributed by atoms with Crippen molar-refractivity contribution < 1.29 is 8.42 Å². The van der Waals surface area contributed by atoms with Crippen LogP contribution in [0.2, 0.25) is 0 Å². The lowest BCUT2D eigenvalue weighted by Gasteiger charge is -2.26. The minimum Gasteiger partial charge on any atom is -0.311 e. The number of aromatic amines is 1. The van der Waals surface area contributed by atoms with Gasteiger partial charge in [-0.25, -0.2) is 8.42 Å². The molecular formula is C17H24N4O2S. The average Bonchev–Trinajstić information content (AvgIpc) is 3.02. The molecule has 0 bridgehead atoms. The van der Waals surface area contributed by atoms with Crippen LogP contribution in [0.5, 0.6) is 0 Å². The molecule has 2 aromatic rings. The number of aromatic nitrogens is 2. The van der Waals surface area contributed by atoms with Gasteiger partial charge in [-0.3, -0.25) is 5.10 Å². The molecule has 1 aromatic heterocycles. The van der Waals surface area contributed by atoms with Gasteiger partial charge >= 0.3 is 0 Å². The zero-order valence-electron chi connectivity index (χ0n) is 14.0. The van der Waals surface area contributed by atoms with Crippen LogP contribution in [0.1, 0.15) is 11.1 Å². The van der Waals surface area contributed by atoms with Crippen LogP contribution in [-0.4, -0.2) is 61.2 Å². The molecule has 0 radical (unpaired) electrons. The quantitative estimate of drug-likeness (QED) is 0.767. The molecule has 0 amide bonds. The third-order valence-corrected chi connectivity index (χ3v) is 6.02. The molecule has 1 fully saturated rings. The molecule has 0 spiro atoms. The van der Waals surface area contributed by atoms with E-state index >= 15 is 0 Å². The van der Waals surface area contributed by atoms with E-state index in [9.17, 15) is 8.42 Å². The Kier molecular flexibility index (Phi) is 5.33. The minimum absolute atomic E-state index is 0.284. The third kappa shape index (κ3) is 4.43. The van der Waals surface area contributed by atoms with Crippen LogP contribution in [-0.2, 0) is 16.4 Å². The number of hydrogen-bond donors (Lipinski definition) is 2. The average molecular weight is 348 g/mol. The van der Waals surface area contributed by atoms with Crippen molar-refractivity contribution in [3.63, 3.8) is 0 Å². The maximum atomic E-state index is 11.4. The van der Waals surface area contributed by atoms with Crippen molar-refractivity contribution in [3.8, 4) is 11.3 Å². The second kappa shape index (κ2) is 7.46. The fraction of sp³-hybridized carbons (Fsp3) is 0.471. The van der Waals surface area contributed by atoms with Crippen molar-refractivity contribution in [1.82, 2.24) is 20.4 Å². The Hall–Kier alpha value is -1.70. The molecule has 0 saturated carbocycles. The monoisotopic (exact) mass is 348 g/mol. The Labute approximate surface area is 143 Å². The van der Waals surface area contributed by atoms with Crippen molar-refractivity contribution in [3.05, 3.63) is 41.6 Å². The summed E-state index contributed by atoms with van der Waals surface area (Å²) in [5.41, 5.74) is 4.56. The van der Waals surface area contributed by atoms with Crippen molar-refractivity contribution >= 4 is 9.84 Å². The fourth-order valence-corrected chi connectivity index (χ4v) is 4.13. The molecule has 2 N–H and O–H groups in total. The predicted molar refractivity (Wildman–Crippen MR) is 95.6 cm³/mol. The highest BCUT2D eigenvalue weighted by Gasteiger charge is 2.20. The number of aryl methyl sites for hydroxylation is 1. The standard InChI is InChI=1S/C17H24N4O2S/c1-14-2-4-15(5-3-14)17-16(13-19-20-17)12-18-6-7-21-8-10-24(22,23)11-9-21/h2-5,13,18H,6-12H2,1H3,(H,19,20). The molecule has 130 valence electrons. The number of nitrogens with one attached hydrogen (secondary N) is 2. The van der Waals surface area contributed by atoms with E-state index in [1.807, 2.05) is 6.20 Å². The Morgan fingerprint density at radius 3 is 2.62 bits per heavy atom. The highest BCUT2D eigenvalue weighted by atomic mass is 32.2. The number of benzene rings is 1. The molecule has 0 atom stereocenters. The highest BCUT2D eigenvalue weighted by molar-refractivity contribution is 7.91. The number of sulfone groups is 1. The lowest BCUT2D eigenvalue weighted by Crippen LogP contribution is -2.43. The second-order valence-corrected chi connectivity index (χ2v) is 8.61. The molecule has 24 heavy (non-hydrogen) atoms. The molecule has 1 aromatic carbocycles. The van der Waals surface area contributed by atoms with Crippen molar-refractivity contribution in [2.45, 2.75) is 13.5 Å². The zero-order valence-corrected chi connectivity index (χ0v) is 14.8. The Balaban J connectivity index is 1.48. The maximum Gasteiger partial charge on any atom is 0.152 e. The maximum absolute atomic E-state index is 11.4. The van der Waals surface area contributed by atoms with Gasteiger partial charge in [0.25, 0.3) is 0 Å². The van der Waals surface area contributed by atoms with Crippen LogP contribution in [0.3, 0.4) is 0 Å². The van der Waals surface area contributed by atoms with Crippen LogP contribution in [0.25, 0.3) is 11.3 Å². The van der Waals surface area contributed by atoms with E-state index in [0.717, 1.165) is 36.5 Å². The smallest absolute Gasteiger partial charge is 0.152 e. The molecule has 2 heterocycles. The van der Waals surface area contributed by atoms with Gasteiger partial charge < -0.3 is 10.2 Å². The van der Waals surface area contributed by atoms with Crippen molar-refractivity contribution in [1.29, 1.82) is 0 Å². The van der Waals surface area contributed by atoms with Gasteiger partial charge in [-0.2, -0.15) is 5.10 Å². The van der Waals surface area contributed by atoms with Gasteiger partial charge in [-0.15, -0.1) is 0 Å². The summed E-state index contributed by atoms with van der Waals surface area (Å²) in [5.74, 6) is 0.568. The summed E-state index contributed by atoms with van der Waals surface area (Å²) < 4.78 is 22.8. The normalized spacial score (nSPS) is 17.9. The summed E-state index contributed by atoms with van der Waals surface area (Å²) in [6.07, 6.45) is 1.86. The SMILES string of the molecule is Cc1ccc(-c2[nH]ncc2CNCCN2CCS(=O)(=O)CC2)cc1.